The van der Waals surface area contributed by atoms with Gasteiger partial charge in [0.2, 0.25) is 0 Å². The first-order valence-corrected chi connectivity index (χ1v) is 6.99. The van der Waals surface area contributed by atoms with Crippen LogP contribution in [-0.4, -0.2) is 45.6 Å². The number of amides is 2. The van der Waals surface area contributed by atoms with Gasteiger partial charge in [0.1, 0.15) is 11.2 Å². The van der Waals surface area contributed by atoms with E-state index in [0.29, 0.717) is 0 Å². The molecule has 0 aromatic rings. The highest BCUT2D eigenvalue weighted by molar-refractivity contribution is 5.71. The van der Waals surface area contributed by atoms with Crippen LogP contribution in [0.2, 0.25) is 0 Å². The number of carboxylic acids is 1. The van der Waals surface area contributed by atoms with Gasteiger partial charge in [-0.1, -0.05) is 7.43 Å². The highest BCUT2D eigenvalue weighted by Gasteiger charge is 2.16. The van der Waals surface area contributed by atoms with Crippen molar-refractivity contribution in [2.24, 2.45) is 0 Å². The lowest BCUT2D eigenvalue weighted by Crippen LogP contribution is -2.33. The fourth-order valence-electron chi connectivity index (χ4n) is 0.713. The van der Waals surface area contributed by atoms with Crippen molar-refractivity contribution < 1.29 is 43.8 Å². The molecular weight excluding hydrogens is 352 g/mol. The van der Waals surface area contributed by atoms with Crippen molar-refractivity contribution in [2.45, 2.75) is 74.0 Å². The number of ether oxygens (including phenoxy) is 2. The number of hydroxylamine groups is 2. The van der Waals surface area contributed by atoms with Gasteiger partial charge in [-0.05, 0) is 41.5 Å². The number of aliphatic carboxylic acids is 1. The second kappa shape index (κ2) is 14.8. The van der Waals surface area contributed by atoms with Gasteiger partial charge in [0.05, 0.1) is 0 Å². The topological polar surface area (TPSA) is 160 Å². The van der Waals surface area contributed by atoms with Crippen LogP contribution in [0.3, 0.4) is 0 Å². The zero-order chi connectivity index (χ0) is 20.8. The molecule has 0 fully saturated rings. The molecule has 0 bridgehead atoms. The van der Waals surface area contributed by atoms with E-state index in [4.69, 9.17) is 19.8 Å². The van der Waals surface area contributed by atoms with Crippen molar-refractivity contribution in [1.82, 2.24) is 11.0 Å². The third-order valence-electron chi connectivity index (χ3n) is 1.17. The fraction of sp³-hybridized carbons (Fsp3) is 0.733. The van der Waals surface area contributed by atoms with E-state index in [-0.39, 0.29) is 7.43 Å². The van der Waals surface area contributed by atoms with E-state index < -0.39 is 35.3 Å². The van der Waals surface area contributed by atoms with Gasteiger partial charge >= 0.3 is 18.2 Å². The zero-order valence-corrected chi connectivity index (χ0v) is 15.8. The van der Waals surface area contributed by atoms with E-state index in [1.54, 1.807) is 41.5 Å². The van der Waals surface area contributed by atoms with Gasteiger partial charge in [0, 0.05) is 13.8 Å². The van der Waals surface area contributed by atoms with E-state index in [1.807, 2.05) is 5.48 Å². The standard InChI is InChI=1S/C7H13NO4.C5H11NO3.C2H4O2.CH4/c1-5(9)12-8-6(10)11-7(2,3)4;1-5(2,3)9-4(7)6-8;1-2(3)4;/h1-4H3,(H,8,10);8H,1-3H3,(H,6,7);1H3,(H,3,4);1H4. The van der Waals surface area contributed by atoms with Gasteiger partial charge < -0.3 is 19.4 Å². The minimum atomic E-state index is -0.833. The highest BCUT2D eigenvalue weighted by atomic mass is 16.7. The Hall–Kier alpha value is -2.56. The van der Waals surface area contributed by atoms with Gasteiger partial charge in [-0.2, -0.15) is 0 Å². The molecule has 0 aliphatic carbocycles. The van der Waals surface area contributed by atoms with Gasteiger partial charge in [-0.3, -0.25) is 14.8 Å². The molecule has 0 rings (SSSR count). The van der Waals surface area contributed by atoms with Crippen molar-refractivity contribution in [1.29, 1.82) is 0 Å². The molecule has 11 nitrogen and oxygen atoms in total. The molecule has 0 saturated carbocycles. The number of hydrogen-bond acceptors (Lipinski definition) is 8. The number of carbonyl (C=O) groups is 4. The second-order valence-corrected chi connectivity index (χ2v) is 6.33. The summed E-state index contributed by atoms with van der Waals surface area (Å²) in [6.07, 6.45) is -1.61. The number of rotatable bonds is 0. The van der Waals surface area contributed by atoms with Gasteiger partial charge in [0.25, 0.3) is 5.97 Å². The summed E-state index contributed by atoms with van der Waals surface area (Å²) in [4.78, 5) is 44.4. The predicted octanol–water partition coefficient (Wildman–Crippen LogP) is 2.62. The van der Waals surface area contributed by atoms with Gasteiger partial charge in [0.15, 0.2) is 0 Å². The lowest BCUT2D eigenvalue weighted by molar-refractivity contribution is -0.147. The summed E-state index contributed by atoms with van der Waals surface area (Å²) in [6, 6.07) is 0. The van der Waals surface area contributed by atoms with E-state index in [2.05, 4.69) is 9.57 Å². The van der Waals surface area contributed by atoms with Crippen molar-refractivity contribution >= 4 is 24.1 Å². The normalized spacial score (nSPS) is 9.42. The van der Waals surface area contributed by atoms with E-state index in [1.165, 1.54) is 12.4 Å². The lowest BCUT2D eigenvalue weighted by atomic mass is 10.2. The monoisotopic (exact) mass is 384 g/mol. The van der Waals surface area contributed by atoms with Crippen LogP contribution in [-0.2, 0) is 23.9 Å². The van der Waals surface area contributed by atoms with Crippen LogP contribution in [0.4, 0.5) is 9.59 Å². The lowest BCUT2D eigenvalue weighted by Gasteiger charge is -2.18. The van der Waals surface area contributed by atoms with Crippen LogP contribution >= 0.6 is 0 Å². The molecule has 0 atom stereocenters. The minimum absolute atomic E-state index is 0. The molecule has 0 aliphatic heterocycles. The molecule has 0 unspecified atom stereocenters. The molecule has 2 amide bonds. The molecular formula is C15H32N2O9. The minimum Gasteiger partial charge on any atom is -0.481 e. The molecule has 0 aliphatic rings. The summed E-state index contributed by atoms with van der Waals surface area (Å²) in [5, 5.41) is 15.4. The average Bonchev–Trinajstić information content (AvgIpc) is 2.32. The number of hydrogen-bond donors (Lipinski definition) is 4. The van der Waals surface area contributed by atoms with Crippen LogP contribution in [0, 0.1) is 0 Å². The largest absolute Gasteiger partial charge is 0.481 e. The molecule has 0 aromatic carbocycles. The Morgan fingerprint density at radius 1 is 0.808 bits per heavy atom. The smallest absolute Gasteiger partial charge is 0.441 e. The predicted molar refractivity (Wildman–Crippen MR) is 92.3 cm³/mol. The van der Waals surface area contributed by atoms with Crippen LogP contribution in [0.25, 0.3) is 0 Å². The Morgan fingerprint density at radius 2 is 1.12 bits per heavy atom. The Kier molecular flexibility index (Phi) is 17.7. The summed E-state index contributed by atoms with van der Waals surface area (Å²) in [5.74, 6) is -1.43. The number of nitrogens with one attached hydrogen (secondary N) is 2. The van der Waals surface area contributed by atoms with Crippen molar-refractivity contribution in [2.75, 3.05) is 0 Å². The molecule has 26 heavy (non-hydrogen) atoms. The molecule has 0 heterocycles. The number of carboxylic acid groups (broad SMARTS) is 1. The second-order valence-electron chi connectivity index (χ2n) is 6.33. The summed E-state index contributed by atoms with van der Waals surface area (Å²) < 4.78 is 9.35. The average molecular weight is 384 g/mol. The van der Waals surface area contributed by atoms with Crippen LogP contribution in [0.15, 0.2) is 0 Å². The maximum atomic E-state index is 10.8. The fourth-order valence-corrected chi connectivity index (χ4v) is 0.713. The Labute approximate surface area is 153 Å². The number of carbonyl (C=O) groups excluding carboxylic acids is 3. The van der Waals surface area contributed by atoms with E-state index in [0.717, 1.165) is 6.92 Å². The van der Waals surface area contributed by atoms with Gasteiger partial charge in [-0.15, -0.1) is 5.48 Å². The Bertz CT molecular complexity index is 433. The molecule has 0 radical (unpaired) electrons. The van der Waals surface area contributed by atoms with E-state index >= 15 is 0 Å². The maximum Gasteiger partial charge on any atom is 0.441 e. The quantitative estimate of drug-likeness (QED) is 0.279. The molecule has 0 spiro atoms. The van der Waals surface area contributed by atoms with Crippen LogP contribution in [0.1, 0.15) is 62.8 Å². The summed E-state index contributed by atoms with van der Waals surface area (Å²) >= 11 is 0. The van der Waals surface area contributed by atoms with Crippen molar-refractivity contribution in [3.8, 4) is 0 Å². The Morgan fingerprint density at radius 3 is 1.31 bits per heavy atom. The summed E-state index contributed by atoms with van der Waals surface area (Å²) in [5.41, 5.74) is 2.05. The molecule has 4 N–H and O–H groups in total. The first kappa shape index (κ1) is 31.2. The molecule has 11 heteroatoms. The SMILES string of the molecule is C.CC(=O)O.CC(=O)ONC(=O)OC(C)(C)C.CC(C)(C)OC(=O)NO. The summed E-state index contributed by atoms with van der Waals surface area (Å²) in [7, 11) is 0. The third kappa shape index (κ3) is 43.0. The third-order valence-corrected chi connectivity index (χ3v) is 1.17. The van der Waals surface area contributed by atoms with Crippen molar-refractivity contribution in [3.05, 3.63) is 0 Å². The van der Waals surface area contributed by atoms with Crippen molar-refractivity contribution in [3.63, 3.8) is 0 Å². The highest BCUT2D eigenvalue weighted by Crippen LogP contribution is 2.06. The molecule has 0 saturated heterocycles. The first-order chi connectivity index (χ1) is 11.0. The van der Waals surface area contributed by atoms with E-state index in [9.17, 15) is 14.4 Å². The summed E-state index contributed by atoms with van der Waals surface area (Å²) in [6.45, 7) is 12.5. The zero-order valence-electron chi connectivity index (χ0n) is 15.8. The molecule has 0 aromatic heterocycles. The van der Waals surface area contributed by atoms with Crippen LogP contribution in [0.5, 0.6) is 0 Å². The first-order valence-electron chi connectivity index (χ1n) is 6.99. The maximum absolute atomic E-state index is 10.8. The van der Waals surface area contributed by atoms with Gasteiger partial charge in [-0.25, -0.2) is 15.1 Å². The molecule has 156 valence electrons. The Balaban J connectivity index is -0.000000153. The van der Waals surface area contributed by atoms with Crippen LogP contribution < -0.4 is 11.0 Å².